The van der Waals surface area contributed by atoms with Gasteiger partial charge >= 0.3 is 6.18 Å². The highest BCUT2D eigenvalue weighted by molar-refractivity contribution is 5.36. The van der Waals surface area contributed by atoms with E-state index < -0.39 is 11.7 Å². The molecule has 1 aromatic rings. The van der Waals surface area contributed by atoms with Crippen LogP contribution in [0.25, 0.3) is 0 Å². The van der Waals surface area contributed by atoms with E-state index in [1.54, 1.807) is 13.0 Å². The molecule has 1 aliphatic carbocycles. The van der Waals surface area contributed by atoms with E-state index in [0.29, 0.717) is 0 Å². The van der Waals surface area contributed by atoms with Crippen LogP contribution in [0.1, 0.15) is 30.0 Å². The molecule has 1 aliphatic rings. The minimum Gasteiger partial charge on any atom is -0.166 e. The van der Waals surface area contributed by atoms with E-state index in [4.69, 9.17) is 0 Å². The zero-order chi connectivity index (χ0) is 12.2. The van der Waals surface area contributed by atoms with Gasteiger partial charge in [0.05, 0.1) is 5.56 Å². The largest absolute Gasteiger partial charge is 0.416 e. The van der Waals surface area contributed by atoms with Crippen LogP contribution in [0.15, 0.2) is 18.2 Å². The van der Waals surface area contributed by atoms with Crippen LogP contribution in [0.5, 0.6) is 0 Å². The highest BCUT2D eigenvalue weighted by atomic mass is 19.4. The van der Waals surface area contributed by atoms with Crippen molar-refractivity contribution in [3.8, 4) is 12.3 Å². The summed E-state index contributed by atoms with van der Waals surface area (Å²) in [6.45, 7) is 1.65. The van der Waals surface area contributed by atoms with Crippen molar-refractivity contribution in [3.63, 3.8) is 0 Å². The molecule has 0 saturated heterocycles. The van der Waals surface area contributed by atoms with Crippen LogP contribution < -0.4 is 0 Å². The zero-order valence-electron chi connectivity index (χ0n) is 9.06. The monoisotopic (exact) mass is 226 g/mol. The van der Waals surface area contributed by atoms with Gasteiger partial charge in [0.15, 0.2) is 0 Å². The number of halogens is 3. The summed E-state index contributed by atoms with van der Waals surface area (Å²) in [7, 11) is 0. The summed E-state index contributed by atoms with van der Waals surface area (Å²) in [6, 6.07) is 4.05. The maximum Gasteiger partial charge on any atom is 0.416 e. The first-order valence-electron chi connectivity index (χ1n) is 5.05. The summed E-state index contributed by atoms with van der Waals surface area (Å²) in [5.41, 5.74) is 1.43. The molecule has 0 amide bonds. The van der Waals surface area contributed by atoms with E-state index in [0.717, 1.165) is 30.4 Å². The number of benzene rings is 1. The maximum atomic E-state index is 12.3. The lowest BCUT2D eigenvalue weighted by Crippen LogP contribution is -2.05. The maximum absolute atomic E-state index is 12.3. The molecule has 0 heterocycles. The number of alkyl halides is 3. The second-order valence-corrected chi connectivity index (χ2v) is 3.62. The van der Waals surface area contributed by atoms with E-state index >= 15 is 0 Å². The molecule has 0 N–H and O–H groups in total. The molecule has 0 atom stereocenters. The van der Waals surface area contributed by atoms with Gasteiger partial charge in [-0.25, -0.2) is 0 Å². The molecular formula is C13H13F3. The molecule has 0 aliphatic heterocycles. The minimum atomic E-state index is -4.20. The summed E-state index contributed by atoms with van der Waals surface area (Å²) in [5, 5.41) is 0. The third kappa shape index (κ3) is 3.03. The molecule has 16 heavy (non-hydrogen) atoms. The van der Waals surface area contributed by atoms with Crippen molar-refractivity contribution in [2.24, 2.45) is 0 Å². The lowest BCUT2D eigenvalue weighted by atomic mass is 10.1. The van der Waals surface area contributed by atoms with Crippen molar-refractivity contribution >= 4 is 0 Å². The number of fused-ring (bicyclic) bond motifs is 1. The average Bonchev–Trinajstić information content (AvgIpc) is 2.63. The number of aryl methyl sites for hydroxylation is 2. The molecular weight excluding hydrogens is 213 g/mol. The number of rotatable bonds is 0. The van der Waals surface area contributed by atoms with Crippen molar-refractivity contribution in [3.05, 3.63) is 34.9 Å². The van der Waals surface area contributed by atoms with Crippen LogP contribution in [-0.4, -0.2) is 0 Å². The summed E-state index contributed by atoms with van der Waals surface area (Å²) < 4.78 is 36.8. The van der Waals surface area contributed by atoms with Gasteiger partial charge < -0.3 is 0 Å². The lowest BCUT2D eigenvalue weighted by molar-refractivity contribution is -0.137. The minimum absolute atomic E-state index is 0.520. The average molecular weight is 226 g/mol. The molecule has 0 spiro atoms. The second kappa shape index (κ2) is 5.07. The Morgan fingerprint density at radius 2 is 1.75 bits per heavy atom. The smallest absolute Gasteiger partial charge is 0.166 e. The van der Waals surface area contributed by atoms with Crippen LogP contribution >= 0.6 is 0 Å². The van der Waals surface area contributed by atoms with E-state index in [1.165, 1.54) is 12.1 Å². The van der Waals surface area contributed by atoms with Gasteiger partial charge in [0.25, 0.3) is 0 Å². The van der Waals surface area contributed by atoms with Crippen LogP contribution in [0.4, 0.5) is 13.2 Å². The van der Waals surface area contributed by atoms with Gasteiger partial charge in [0, 0.05) is 0 Å². The second-order valence-electron chi connectivity index (χ2n) is 3.62. The summed E-state index contributed by atoms with van der Waals surface area (Å²) in [4.78, 5) is 0. The van der Waals surface area contributed by atoms with Gasteiger partial charge in [-0.15, -0.1) is 12.3 Å². The van der Waals surface area contributed by atoms with E-state index in [2.05, 4.69) is 12.3 Å². The normalized spacial score (nSPS) is 13.4. The fourth-order valence-electron chi connectivity index (χ4n) is 1.75. The highest BCUT2D eigenvalue weighted by Crippen LogP contribution is 2.32. The molecule has 2 rings (SSSR count). The predicted octanol–water partition coefficient (Wildman–Crippen LogP) is 3.83. The van der Waals surface area contributed by atoms with E-state index in [9.17, 15) is 13.2 Å². The van der Waals surface area contributed by atoms with E-state index in [-0.39, 0.29) is 0 Å². The Labute approximate surface area is 93.5 Å². The molecule has 0 fully saturated rings. The zero-order valence-corrected chi connectivity index (χ0v) is 9.06. The fourth-order valence-corrected chi connectivity index (χ4v) is 1.75. The third-order valence-electron chi connectivity index (χ3n) is 2.43. The van der Waals surface area contributed by atoms with Crippen LogP contribution in [0, 0.1) is 12.3 Å². The van der Waals surface area contributed by atoms with Crippen molar-refractivity contribution in [1.29, 1.82) is 0 Å². The van der Waals surface area contributed by atoms with Gasteiger partial charge in [-0.3, -0.25) is 0 Å². The Kier molecular flexibility index (Phi) is 4.00. The standard InChI is InChI=1S/C10H9F3.C3H4/c11-10(12,13)9-5-4-7-2-1-3-8(7)6-9;1-3-2/h4-6H,1-3H2;1H,2H3. The first kappa shape index (κ1) is 12.6. The van der Waals surface area contributed by atoms with Crippen molar-refractivity contribution < 1.29 is 13.2 Å². The molecule has 0 unspecified atom stereocenters. The first-order chi connectivity index (χ1) is 7.49. The molecule has 0 aromatic heterocycles. The Morgan fingerprint density at radius 3 is 2.31 bits per heavy atom. The SMILES string of the molecule is C#CC.FC(F)(F)c1ccc2c(c1)CCC2. The first-order valence-corrected chi connectivity index (χ1v) is 5.05. The van der Waals surface area contributed by atoms with Crippen molar-refractivity contribution in [1.82, 2.24) is 0 Å². The van der Waals surface area contributed by atoms with Gasteiger partial charge in [0.2, 0.25) is 0 Å². The molecule has 3 heteroatoms. The Bertz CT molecular complexity index is 397. The van der Waals surface area contributed by atoms with Crippen LogP contribution in [0.2, 0.25) is 0 Å². The molecule has 0 bridgehead atoms. The van der Waals surface area contributed by atoms with Crippen molar-refractivity contribution in [2.45, 2.75) is 32.4 Å². The summed E-state index contributed by atoms with van der Waals surface area (Å²) >= 11 is 0. The molecule has 1 aromatic carbocycles. The number of hydrogen-bond donors (Lipinski definition) is 0. The lowest BCUT2D eigenvalue weighted by Gasteiger charge is -2.08. The molecule has 0 radical (unpaired) electrons. The molecule has 0 nitrogen and oxygen atoms in total. The van der Waals surface area contributed by atoms with Crippen LogP contribution in [0.3, 0.4) is 0 Å². The quantitative estimate of drug-likeness (QED) is 0.590. The Hall–Kier alpha value is -1.43. The van der Waals surface area contributed by atoms with E-state index in [1.807, 2.05) is 0 Å². The topological polar surface area (TPSA) is 0 Å². The predicted molar refractivity (Wildman–Crippen MR) is 58.0 cm³/mol. The molecule has 86 valence electrons. The Balaban J connectivity index is 0.000000386. The van der Waals surface area contributed by atoms with Crippen LogP contribution in [-0.2, 0) is 19.0 Å². The van der Waals surface area contributed by atoms with Gasteiger partial charge in [0.1, 0.15) is 0 Å². The third-order valence-corrected chi connectivity index (χ3v) is 2.43. The fraction of sp³-hybridized carbons (Fsp3) is 0.385. The summed E-state index contributed by atoms with van der Waals surface area (Å²) in [5.74, 6) is 2.25. The summed E-state index contributed by atoms with van der Waals surface area (Å²) in [6.07, 6.45) is 3.10. The highest BCUT2D eigenvalue weighted by Gasteiger charge is 2.31. The Morgan fingerprint density at radius 1 is 1.19 bits per heavy atom. The number of terminal acetylenes is 1. The van der Waals surface area contributed by atoms with Crippen molar-refractivity contribution in [2.75, 3.05) is 0 Å². The van der Waals surface area contributed by atoms with Gasteiger partial charge in [-0.2, -0.15) is 13.2 Å². The van der Waals surface area contributed by atoms with Gasteiger partial charge in [-0.1, -0.05) is 6.07 Å². The van der Waals surface area contributed by atoms with Gasteiger partial charge in [-0.05, 0) is 49.4 Å². The molecule has 0 saturated carbocycles. The number of hydrogen-bond acceptors (Lipinski definition) is 0.